The van der Waals surface area contributed by atoms with E-state index >= 15 is 0 Å². The molecule has 150 valence electrons. The van der Waals surface area contributed by atoms with Crippen molar-refractivity contribution in [3.63, 3.8) is 0 Å². The van der Waals surface area contributed by atoms with Gasteiger partial charge in [0.25, 0.3) is 0 Å². The summed E-state index contributed by atoms with van der Waals surface area (Å²) in [6.45, 7) is 1.51. The maximum atomic E-state index is 13.2. The fourth-order valence-corrected chi connectivity index (χ4v) is 2.82. The molecule has 0 radical (unpaired) electrons. The maximum absolute atomic E-state index is 13.2. The van der Waals surface area contributed by atoms with Crippen LogP contribution in [0.5, 0.6) is 0 Å². The molecule has 29 heavy (non-hydrogen) atoms. The molecule has 0 aliphatic rings. The molecule has 2 aromatic carbocycles. The number of halogens is 2. The topological polar surface area (TPSA) is 86.9 Å². The van der Waals surface area contributed by atoms with Gasteiger partial charge >= 0.3 is 0 Å². The molecule has 3 N–H and O–H groups in total. The number of aromatic amines is 1. The summed E-state index contributed by atoms with van der Waals surface area (Å²) < 4.78 is 26.4. The molecule has 1 atom stereocenters. The number of carbonyl (C=O) groups is 2. The van der Waals surface area contributed by atoms with Crippen molar-refractivity contribution in [1.82, 2.24) is 15.5 Å². The molecule has 3 aromatic rings. The molecule has 3 rings (SSSR count). The fourth-order valence-electron chi connectivity index (χ4n) is 2.82. The molecule has 6 nitrogen and oxygen atoms in total. The van der Waals surface area contributed by atoms with Gasteiger partial charge in [-0.2, -0.15) is 5.10 Å². The highest BCUT2D eigenvalue weighted by Crippen LogP contribution is 2.12. The van der Waals surface area contributed by atoms with Crippen LogP contribution in [0.15, 0.2) is 54.6 Å². The van der Waals surface area contributed by atoms with Gasteiger partial charge in [0, 0.05) is 24.2 Å². The van der Waals surface area contributed by atoms with Crippen molar-refractivity contribution in [3.8, 4) is 0 Å². The van der Waals surface area contributed by atoms with E-state index in [-0.39, 0.29) is 12.0 Å². The second-order valence-electron chi connectivity index (χ2n) is 6.67. The lowest BCUT2D eigenvalue weighted by atomic mass is 10.1. The highest BCUT2D eigenvalue weighted by molar-refractivity contribution is 5.96. The molecule has 0 fully saturated rings. The quantitative estimate of drug-likeness (QED) is 0.572. The van der Waals surface area contributed by atoms with Gasteiger partial charge in [-0.25, -0.2) is 8.78 Å². The first kappa shape index (κ1) is 20.2. The van der Waals surface area contributed by atoms with E-state index in [1.807, 2.05) is 30.3 Å². The smallest absolute Gasteiger partial charge is 0.247 e. The van der Waals surface area contributed by atoms with E-state index in [4.69, 9.17) is 0 Å². The lowest BCUT2D eigenvalue weighted by Gasteiger charge is -2.13. The van der Waals surface area contributed by atoms with Gasteiger partial charge in [0.15, 0.2) is 5.82 Å². The van der Waals surface area contributed by atoms with E-state index in [0.717, 1.165) is 29.5 Å². The number of rotatable bonds is 7. The SMILES string of the molecule is C[C@H](NC(=O)Cc1cc(F)cc(F)c1)C(=O)Nc1cc(Cc2ccccc2)[nH]n1. The molecule has 0 aliphatic heterocycles. The van der Waals surface area contributed by atoms with E-state index in [9.17, 15) is 18.4 Å². The lowest BCUT2D eigenvalue weighted by Crippen LogP contribution is -2.42. The van der Waals surface area contributed by atoms with Gasteiger partial charge in [-0.05, 0) is 30.2 Å². The number of aromatic nitrogens is 2. The minimum atomic E-state index is -0.852. The molecule has 0 spiro atoms. The second kappa shape index (κ2) is 9.09. The monoisotopic (exact) mass is 398 g/mol. The zero-order chi connectivity index (χ0) is 20.8. The van der Waals surface area contributed by atoms with Crippen molar-refractivity contribution in [1.29, 1.82) is 0 Å². The van der Waals surface area contributed by atoms with Crippen LogP contribution in [-0.4, -0.2) is 28.1 Å². The largest absolute Gasteiger partial charge is 0.344 e. The van der Waals surface area contributed by atoms with Crippen molar-refractivity contribution in [2.24, 2.45) is 0 Å². The van der Waals surface area contributed by atoms with Crippen LogP contribution >= 0.6 is 0 Å². The Morgan fingerprint density at radius 1 is 1.03 bits per heavy atom. The molecule has 1 heterocycles. The first-order valence-electron chi connectivity index (χ1n) is 9.02. The van der Waals surface area contributed by atoms with Crippen LogP contribution in [0.3, 0.4) is 0 Å². The number of anilines is 1. The van der Waals surface area contributed by atoms with Gasteiger partial charge in [0.1, 0.15) is 17.7 Å². The Balaban J connectivity index is 1.52. The maximum Gasteiger partial charge on any atom is 0.247 e. The van der Waals surface area contributed by atoms with Crippen LogP contribution in [0.25, 0.3) is 0 Å². The van der Waals surface area contributed by atoms with Gasteiger partial charge in [-0.1, -0.05) is 30.3 Å². The summed E-state index contributed by atoms with van der Waals surface area (Å²) in [6.07, 6.45) is 0.399. The summed E-state index contributed by atoms with van der Waals surface area (Å²) >= 11 is 0. The molecular weight excluding hydrogens is 378 g/mol. The predicted octanol–water partition coefficient (Wildman–Crippen LogP) is 2.96. The standard InChI is InChI=1S/C21H20F2N4O2/c1-13(24-20(28)10-15-7-16(22)11-17(23)8-15)21(29)25-19-12-18(26-27-19)9-14-5-3-2-4-6-14/h2-8,11-13H,9-10H2,1H3,(H,24,28)(H2,25,26,27,29)/t13-/m0/s1. The highest BCUT2D eigenvalue weighted by atomic mass is 19.1. The third-order valence-corrected chi connectivity index (χ3v) is 4.18. The molecule has 1 aromatic heterocycles. The summed E-state index contributed by atoms with van der Waals surface area (Å²) in [5, 5.41) is 12.0. The van der Waals surface area contributed by atoms with Gasteiger partial charge in [-0.3, -0.25) is 14.7 Å². The third kappa shape index (κ3) is 5.97. The fraction of sp³-hybridized carbons (Fsp3) is 0.190. The van der Waals surface area contributed by atoms with Crippen molar-refractivity contribution in [3.05, 3.63) is 83.1 Å². The van der Waals surface area contributed by atoms with Crippen LogP contribution < -0.4 is 10.6 Å². The van der Waals surface area contributed by atoms with Crippen LogP contribution in [-0.2, 0) is 22.4 Å². The summed E-state index contributed by atoms with van der Waals surface area (Å²) in [5.41, 5.74) is 2.12. The van der Waals surface area contributed by atoms with E-state index in [0.29, 0.717) is 12.2 Å². The second-order valence-corrected chi connectivity index (χ2v) is 6.67. The molecule has 0 aliphatic carbocycles. The zero-order valence-corrected chi connectivity index (χ0v) is 15.7. The van der Waals surface area contributed by atoms with Crippen LogP contribution in [0.2, 0.25) is 0 Å². The van der Waals surface area contributed by atoms with Gasteiger partial charge in [0.2, 0.25) is 11.8 Å². The van der Waals surface area contributed by atoms with E-state index in [1.165, 1.54) is 6.92 Å². The van der Waals surface area contributed by atoms with Crippen molar-refractivity contribution in [2.45, 2.75) is 25.8 Å². The van der Waals surface area contributed by atoms with E-state index < -0.39 is 29.5 Å². The third-order valence-electron chi connectivity index (χ3n) is 4.18. The minimum Gasteiger partial charge on any atom is -0.344 e. The Morgan fingerprint density at radius 3 is 2.41 bits per heavy atom. The summed E-state index contributed by atoms with van der Waals surface area (Å²) in [6, 6.07) is 13.5. The number of hydrogen-bond acceptors (Lipinski definition) is 3. The Kier molecular flexibility index (Phi) is 6.33. The normalized spacial score (nSPS) is 11.7. The molecule has 0 unspecified atom stereocenters. The summed E-state index contributed by atoms with van der Waals surface area (Å²) in [7, 11) is 0. The van der Waals surface area contributed by atoms with Crippen LogP contribution in [0, 0.1) is 11.6 Å². The zero-order valence-electron chi connectivity index (χ0n) is 15.7. The molecule has 0 saturated heterocycles. The summed E-state index contributed by atoms with van der Waals surface area (Å²) in [4.78, 5) is 24.3. The number of nitrogens with one attached hydrogen (secondary N) is 3. The Bertz CT molecular complexity index is 985. The number of benzene rings is 2. The van der Waals surface area contributed by atoms with Crippen molar-refractivity contribution < 1.29 is 18.4 Å². The average Bonchev–Trinajstić information content (AvgIpc) is 3.08. The Labute approximate surface area is 166 Å². The first-order chi connectivity index (χ1) is 13.9. The van der Waals surface area contributed by atoms with Crippen molar-refractivity contribution in [2.75, 3.05) is 5.32 Å². The molecule has 2 amide bonds. The lowest BCUT2D eigenvalue weighted by molar-refractivity contribution is -0.125. The number of carbonyl (C=O) groups excluding carboxylic acids is 2. The molecule has 8 heteroatoms. The van der Waals surface area contributed by atoms with Gasteiger partial charge in [0.05, 0.1) is 6.42 Å². The van der Waals surface area contributed by atoms with Crippen LogP contribution in [0.4, 0.5) is 14.6 Å². The van der Waals surface area contributed by atoms with E-state index in [2.05, 4.69) is 20.8 Å². The minimum absolute atomic E-state index is 0.186. The van der Waals surface area contributed by atoms with Gasteiger partial charge < -0.3 is 10.6 Å². The first-order valence-corrected chi connectivity index (χ1v) is 9.02. The molecular formula is C21H20F2N4O2. The molecule has 0 saturated carbocycles. The average molecular weight is 398 g/mol. The van der Waals surface area contributed by atoms with E-state index in [1.54, 1.807) is 6.07 Å². The Hall–Kier alpha value is -3.55. The highest BCUT2D eigenvalue weighted by Gasteiger charge is 2.17. The van der Waals surface area contributed by atoms with Gasteiger partial charge in [-0.15, -0.1) is 0 Å². The molecule has 0 bridgehead atoms. The number of amides is 2. The number of nitrogens with zero attached hydrogens (tertiary/aromatic N) is 1. The van der Waals surface area contributed by atoms with Crippen LogP contribution in [0.1, 0.15) is 23.7 Å². The predicted molar refractivity (Wildman–Crippen MR) is 104 cm³/mol. The Morgan fingerprint density at radius 2 is 1.72 bits per heavy atom. The summed E-state index contributed by atoms with van der Waals surface area (Å²) in [5.74, 6) is -2.16. The number of hydrogen-bond donors (Lipinski definition) is 3. The number of H-pyrrole nitrogens is 1. The van der Waals surface area contributed by atoms with Crippen molar-refractivity contribution >= 4 is 17.6 Å².